The van der Waals surface area contributed by atoms with Crippen LogP contribution in [0.1, 0.15) is 29.2 Å². The molecular formula is C19H22N8O4S. The Labute approximate surface area is 187 Å². The number of rotatable bonds is 8. The second kappa shape index (κ2) is 11.6. The molecule has 0 spiro atoms. The van der Waals surface area contributed by atoms with Crippen LogP contribution in [0.15, 0.2) is 30.3 Å². The number of hydrogen-bond acceptors (Lipinski definition) is 9. The van der Waals surface area contributed by atoms with Crippen molar-refractivity contribution < 1.29 is 19.5 Å². The van der Waals surface area contributed by atoms with Gasteiger partial charge in [0.2, 0.25) is 16.9 Å². The van der Waals surface area contributed by atoms with E-state index in [4.69, 9.17) is 9.90 Å². The number of anilines is 1. The van der Waals surface area contributed by atoms with Crippen LogP contribution in [0.2, 0.25) is 0 Å². The van der Waals surface area contributed by atoms with Gasteiger partial charge in [-0.15, -0.1) is 20.4 Å². The predicted octanol–water partition coefficient (Wildman–Crippen LogP) is 0.445. The number of carbonyl (C=O) groups is 3. The molecule has 0 bridgehead atoms. The summed E-state index contributed by atoms with van der Waals surface area (Å²) < 4.78 is 0. The Bertz CT molecular complexity index is 1010. The zero-order chi connectivity index (χ0) is 22.8. The number of carboxylic acid groups (broad SMARTS) is 1. The third-order valence-corrected chi connectivity index (χ3v) is 5.59. The second-order valence-corrected chi connectivity index (χ2v) is 7.91. The van der Waals surface area contributed by atoms with E-state index < -0.39 is 0 Å². The molecule has 1 aromatic carbocycles. The lowest BCUT2D eigenvalue weighted by Crippen LogP contribution is -2.33. The van der Waals surface area contributed by atoms with Crippen molar-refractivity contribution in [2.24, 2.45) is 5.92 Å². The maximum atomic E-state index is 12.4. The van der Waals surface area contributed by atoms with Gasteiger partial charge in [0.05, 0.1) is 5.92 Å². The van der Waals surface area contributed by atoms with E-state index in [2.05, 4.69) is 36.1 Å². The Morgan fingerprint density at radius 2 is 2.06 bits per heavy atom. The molecule has 0 radical (unpaired) electrons. The first-order valence-corrected chi connectivity index (χ1v) is 10.7. The van der Waals surface area contributed by atoms with Gasteiger partial charge in [0.1, 0.15) is 5.01 Å². The van der Waals surface area contributed by atoms with Crippen LogP contribution in [0.25, 0.3) is 0 Å². The van der Waals surface area contributed by atoms with Gasteiger partial charge >= 0.3 is 0 Å². The van der Waals surface area contributed by atoms with Crippen LogP contribution in [-0.2, 0) is 27.2 Å². The molecule has 168 valence electrons. The highest BCUT2D eigenvalue weighted by Crippen LogP contribution is 2.28. The number of aromatic nitrogens is 6. The first-order valence-electron chi connectivity index (χ1n) is 9.85. The van der Waals surface area contributed by atoms with Gasteiger partial charge in [-0.2, -0.15) is 5.21 Å². The van der Waals surface area contributed by atoms with Gasteiger partial charge in [-0.25, -0.2) is 0 Å². The average Bonchev–Trinajstić information content (AvgIpc) is 3.54. The first-order chi connectivity index (χ1) is 15.6. The standard InChI is InChI=1S/C18H20N8O2S.CH2O2/c27-16-10-13(17(28)19-8-4-7-14-20-24-25-21-14)11-26(16)18-23-22-15(29-18)9-12-5-2-1-3-6-12;2-1-3/h1-3,5-6,13H,4,7-11H2,(H,19,28)(H,20,21,24,25);1H,(H,2,3). The number of aryl methyl sites for hydroxylation is 1. The lowest BCUT2D eigenvalue weighted by molar-refractivity contribution is -0.126. The third-order valence-electron chi connectivity index (χ3n) is 4.65. The number of benzene rings is 1. The molecule has 2 aromatic heterocycles. The van der Waals surface area contributed by atoms with E-state index in [1.165, 1.54) is 11.3 Å². The molecule has 3 aromatic rings. The highest BCUT2D eigenvalue weighted by atomic mass is 32.1. The SMILES string of the molecule is O=C(NCCCc1nn[nH]n1)C1CC(=O)N(c2nnc(Cc3ccccc3)s2)C1.O=CO. The Morgan fingerprint density at radius 1 is 1.28 bits per heavy atom. The Morgan fingerprint density at radius 3 is 2.78 bits per heavy atom. The van der Waals surface area contributed by atoms with Gasteiger partial charge in [0, 0.05) is 32.4 Å². The van der Waals surface area contributed by atoms with Gasteiger partial charge in [0.15, 0.2) is 5.82 Å². The van der Waals surface area contributed by atoms with E-state index in [1.807, 2.05) is 30.3 Å². The minimum Gasteiger partial charge on any atom is -0.483 e. The second-order valence-electron chi connectivity index (χ2n) is 6.87. The fourth-order valence-electron chi connectivity index (χ4n) is 3.15. The van der Waals surface area contributed by atoms with E-state index in [9.17, 15) is 9.59 Å². The zero-order valence-electron chi connectivity index (χ0n) is 17.0. The Hall–Kier alpha value is -3.74. The maximum absolute atomic E-state index is 12.4. The molecule has 1 aliphatic rings. The first kappa shape index (κ1) is 22.9. The zero-order valence-corrected chi connectivity index (χ0v) is 17.9. The summed E-state index contributed by atoms with van der Waals surface area (Å²) in [5, 5.41) is 33.1. The van der Waals surface area contributed by atoms with Gasteiger partial charge in [-0.1, -0.05) is 46.9 Å². The highest BCUT2D eigenvalue weighted by Gasteiger charge is 2.36. The summed E-state index contributed by atoms with van der Waals surface area (Å²) in [4.78, 5) is 34.7. The molecule has 0 aliphatic carbocycles. The smallest absolute Gasteiger partial charge is 0.290 e. The Balaban J connectivity index is 0.000000913. The molecule has 1 atom stereocenters. The van der Waals surface area contributed by atoms with Crippen LogP contribution < -0.4 is 10.2 Å². The topological polar surface area (TPSA) is 167 Å². The van der Waals surface area contributed by atoms with Crippen molar-refractivity contribution in [2.45, 2.75) is 25.7 Å². The number of H-pyrrole nitrogens is 1. The van der Waals surface area contributed by atoms with Gasteiger partial charge in [-0.05, 0) is 12.0 Å². The molecule has 1 fully saturated rings. The monoisotopic (exact) mass is 458 g/mol. The predicted molar refractivity (Wildman–Crippen MR) is 114 cm³/mol. The summed E-state index contributed by atoms with van der Waals surface area (Å²) in [5.41, 5.74) is 1.14. The number of amides is 2. The number of nitrogens with zero attached hydrogens (tertiary/aromatic N) is 6. The minimum atomic E-state index is -0.380. The van der Waals surface area contributed by atoms with Crippen LogP contribution in [0, 0.1) is 5.92 Å². The molecule has 32 heavy (non-hydrogen) atoms. The van der Waals surface area contributed by atoms with Crippen LogP contribution in [0.4, 0.5) is 5.13 Å². The summed E-state index contributed by atoms with van der Waals surface area (Å²) in [5.74, 6) is 0.0144. The largest absolute Gasteiger partial charge is 0.483 e. The average molecular weight is 459 g/mol. The quantitative estimate of drug-likeness (QED) is 0.320. The molecule has 3 heterocycles. The van der Waals surface area contributed by atoms with Crippen LogP contribution in [0.5, 0.6) is 0 Å². The van der Waals surface area contributed by atoms with Gasteiger partial charge < -0.3 is 10.4 Å². The van der Waals surface area contributed by atoms with E-state index in [0.29, 0.717) is 43.3 Å². The molecule has 1 aliphatic heterocycles. The normalized spacial score (nSPS) is 15.2. The molecule has 13 heteroatoms. The number of carbonyl (C=O) groups excluding carboxylic acids is 2. The maximum Gasteiger partial charge on any atom is 0.290 e. The van der Waals surface area contributed by atoms with Gasteiger partial charge in [0.25, 0.3) is 6.47 Å². The molecule has 3 N–H and O–H groups in total. The summed E-state index contributed by atoms with van der Waals surface area (Å²) in [6.07, 6.45) is 2.19. The summed E-state index contributed by atoms with van der Waals surface area (Å²) in [6.45, 7) is 0.577. The number of aromatic amines is 1. The van der Waals surface area contributed by atoms with Crippen molar-refractivity contribution in [3.05, 3.63) is 46.7 Å². The lowest BCUT2D eigenvalue weighted by Gasteiger charge is -2.12. The number of tetrazole rings is 1. The fraction of sp³-hybridized carbons (Fsp3) is 0.368. The van der Waals surface area contributed by atoms with Crippen molar-refractivity contribution in [1.29, 1.82) is 0 Å². The summed E-state index contributed by atoms with van der Waals surface area (Å²) in [7, 11) is 0. The molecule has 2 amide bonds. The third kappa shape index (κ3) is 6.38. The van der Waals surface area contributed by atoms with Crippen molar-refractivity contribution in [3.63, 3.8) is 0 Å². The summed E-state index contributed by atoms with van der Waals surface area (Å²) >= 11 is 1.39. The molecular weight excluding hydrogens is 436 g/mol. The molecule has 1 unspecified atom stereocenters. The Kier molecular flexibility index (Phi) is 8.31. The minimum absolute atomic E-state index is 0.0978. The van der Waals surface area contributed by atoms with Crippen molar-refractivity contribution in [1.82, 2.24) is 36.1 Å². The lowest BCUT2D eigenvalue weighted by atomic mass is 10.1. The van der Waals surface area contributed by atoms with Gasteiger partial charge in [-0.3, -0.25) is 19.3 Å². The van der Waals surface area contributed by atoms with E-state index in [-0.39, 0.29) is 30.6 Å². The molecule has 1 saturated heterocycles. The number of nitrogens with one attached hydrogen (secondary N) is 2. The fourth-order valence-corrected chi connectivity index (χ4v) is 4.05. The molecule has 4 rings (SSSR count). The molecule has 12 nitrogen and oxygen atoms in total. The van der Waals surface area contributed by atoms with E-state index in [1.54, 1.807) is 4.90 Å². The molecule has 0 saturated carbocycles. The van der Waals surface area contributed by atoms with Crippen LogP contribution in [0.3, 0.4) is 0 Å². The highest BCUT2D eigenvalue weighted by molar-refractivity contribution is 7.15. The van der Waals surface area contributed by atoms with Crippen LogP contribution >= 0.6 is 11.3 Å². The van der Waals surface area contributed by atoms with Crippen LogP contribution in [-0.4, -0.2) is 67.3 Å². The van der Waals surface area contributed by atoms with Crippen molar-refractivity contribution in [3.8, 4) is 0 Å². The number of hydrogen-bond donors (Lipinski definition) is 3. The van der Waals surface area contributed by atoms with Crippen molar-refractivity contribution in [2.75, 3.05) is 18.0 Å². The van der Waals surface area contributed by atoms with E-state index in [0.717, 1.165) is 10.6 Å². The summed E-state index contributed by atoms with van der Waals surface area (Å²) in [6, 6.07) is 9.98. The van der Waals surface area contributed by atoms with Crippen molar-refractivity contribution >= 4 is 34.8 Å². The van der Waals surface area contributed by atoms with E-state index >= 15 is 0 Å².